The Morgan fingerprint density at radius 1 is 0.436 bits per heavy atom. The molecule has 0 bridgehead atoms. The van der Waals surface area contributed by atoms with Gasteiger partial charge in [0, 0.05) is 27.1 Å². The minimum atomic E-state index is -0.536. The lowest BCUT2D eigenvalue weighted by atomic mass is 9.90. The van der Waals surface area contributed by atoms with E-state index >= 15 is 0 Å². The van der Waals surface area contributed by atoms with E-state index < -0.39 is 11.9 Å². The quantitative estimate of drug-likeness (QED) is 0.123. The van der Waals surface area contributed by atoms with Crippen LogP contribution in [0.5, 0.6) is 0 Å². The Balaban J connectivity index is 1.33. The molecule has 0 atom stereocenters. The van der Waals surface area contributed by atoms with Crippen molar-refractivity contribution in [1.82, 2.24) is 0 Å². The van der Waals surface area contributed by atoms with Crippen LogP contribution in [-0.2, 0) is 9.47 Å². The lowest BCUT2D eigenvalue weighted by Crippen LogP contribution is -2.12. The number of ether oxygens (including phenoxy) is 2. The second-order valence-corrected chi connectivity index (χ2v) is 13.6. The summed E-state index contributed by atoms with van der Waals surface area (Å²) in [5.41, 5.74) is 10.2. The highest BCUT2D eigenvalue weighted by atomic mass is 35.5. The molecule has 7 heteroatoms. The minimum Gasteiger partial charge on any atom is -0.462 e. The van der Waals surface area contributed by atoms with E-state index in [1.807, 2.05) is 60.7 Å². The number of carbonyl (C=O) groups is 2. The summed E-state index contributed by atoms with van der Waals surface area (Å²) in [6.07, 6.45) is 0. The number of hydrogen-bond acceptors (Lipinski definition) is 5. The molecule has 0 heterocycles. The molecular formula is C48H37Cl2NO4. The normalized spacial score (nSPS) is 10.8. The molecule has 0 radical (unpaired) electrons. The molecule has 272 valence electrons. The van der Waals surface area contributed by atoms with Gasteiger partial charge in [-0.15, -0.1) is 0 Å². The Hall–Kier alpha value is -6.14. The van der Waals surface area contributed by atoms with Crippen molar-refractivity contribution < 1.29 is 19.1 Å². The van der Waals surface area contributed by atoms with Crippen LogP contribution in [0.15, 0.2) is 164 Å². The number of nitrogens with zero attached hydrogens (tertiary/aromatic N) is 1. The molecule has 0 saturated carbocycles. The van der Waals surface area contributed by atoms with Gasteiger partial charge in [-0.2, -0.15) is 0 Å². The molecule has 0 saturated heterocycles. The molecule has 0 unspecified atom stereocenters. The number of esters is 2. The predicted octanol–water partition coefficient (Wildman–Crippen LogP) is 13.5. The lowest BCUT2D eigenvalue weighted by molar-refractivity contribution is 0.0513. The summed E-state index contributed by atoms with van der Waals surface area (Å²) in [4.78, 5) is 29.2. The Morgan fingerprint density at radius 3 is 1.16 bits per heavy atom. The SMILES string of the molecule is CCOC(=O)c1cc(-c2cc(Cl)cc(Cl)c2)c(C(=O)OCC)cc1-c1ccc(N(c2ccc(-c3ccccc3)cc2)c2ccc(-c3ccccc3)cc2)cc1. The van der Waals surface area contributed by atoms with Crippen LogP contribution in [0.4, 0.5) is 17.1 Å². The van der Waals surface area contributed by atoms with Crippen molar-refractivity contribution in [3.05, 3.63) is 185 Å². The maximum Gasteiger partial charge on any atom is 0.338 e. The first kappa shape index (κ1) is 37.2. The van der Waals surface area contributed by atoms with Gasteiger partial charge in [0.1, 0.15) is 0 Å². The first-order valence-electron chi connectivity index (χ1n) is 18.0. The molecule has 0 aliphatic rings. The third-order valence-electron chi connectivity index (χ3n) is 9.22. The first-order valence-corrected chi connectivity index (χ1v) is 18.8. The van der Waals surface area contributed by atoms with Crippen LogP contribution in [0.1, 0.15) is 34.6 Å². The van der Waals surface area contributed by atoms with E-state index in [-0.39, 0.29) is 18.8 Å². The maximum atomic E-state index is 13.6. The fraction of sp³-hybridized carbons (Fsp3) is 0.0833. The number of benzene rings is 7. The highest BCUT2D eigenvalue weighted by molar-refractivity contribution is 6.35. The number of carbonyl (C=O) groups excluding carboxylic acids is 2. The molecule has 5 nitrogen and oxygen atoms in total. The van der Waals surface area contributed by atoms with Crippen LogP contribution >= 0.6 is 23.2 Å². The van der Waals surface area contributed by atoms with Gasteiger partial charge in [0.25, 0.3) is 0 Å². The summed E-state index contributed by atoms with van der Waals surface area (Å²) >= 11 is 12.8. The van der Waals surface area contributed by atoms with Crippen molar-refractivity contribution in [3.63, 3.8) is 0 Å². The molecule has 7 aromatic rings. The van der Waals surface area contributed by atoms with Crippen LogP contribution in [-0.4, -0.2) is 25.2 Å². The van der Waals surface area contributed by atoms with Gasteiger partial charge >= 0.3 is 11.9 Å². The molecule has 7 aromatic carbocycles. The van der Waals surface area contributed by atoms with Crippen molar-refractivity contribution >= 4 is 52.2 Å². The second kappa shape index (κ2) is 16.9. The summed E-state index contributed by atoms with van der Waals surface area (Å²) in [6.45, 7) is 3.85. The molecule has 0 spiro atoms. The smallest absolute Gasteiger partial charge is 0.338 e. The highest BCUT2D eigenvalue weighted by Crippen LogP contribution is 2.40. The Kier molecular flexibility index (Phi) is 11.4. The van der Waals surface area contributed by atoms with Crippen LogP contribution in [0.3, 0.4) is 0 Å². The van der Waals surface area contributed by atoms with Gasteiger partial charge in [0.2, 0.25) is 0 Å². The van der Waals surface area contributed by atoms with Gasteiger partial charge < -0.3 is 14.4 Å². The van der Waals surface area contributed by atoms with E-state index in [4.69, 9.17) is 32.7 Å². The van der Waals surface area contributed by atoms with Crippen molar-refractivity contribution in [3.8, 4) is 44.5 Å². The molecule has 0 aliphatic carbocycles. The summed E-state index contributed by atoms with van der Waals surface area (Å²) < 4.78 is 11.0. The molecule has 0 aliphatic heterocycles. The van der Waals surface area contributed by atoms with Crippen LogP contribution in [0.25, 0.3) is 44.5 Å². The van der Waals surface area contributed by atoms with Gasteiger partial charge in [0.05, 0.1) is 24.3 Å². The van der Waals surface area contributed by atoms with E-state index in [2.05, 4.69) is 77.7 Å². The maximum absolute atomic E-state index is 13.6. The highest BCUT2D eigenvalue weighted by Gasteiger charge is 2.24. The van der Waals surface area contributed by atoms with E-state index in [9.17, 15) is 9.59 Å². The van der Waals surface area contributed by atoms with Gasteiger partial charge in [-0.1, -0.05) is 120 Å². The monoisotopic (exact) mass is 761 g/mol. The Morgan fingerprint density at radius 2 is 0.782 bits per heavy atom. The van der Waals surface area contributed by atoms with E-state index in [1.165, 1.54) is 0 Å². The van der Waals surface area contributed by atoms with Gasteiger partial charge in [0.15, 0.2) is 0 Å². The predicted molar refractivity (Wildman–Crippen MR) is 225 cm³/mol. The average Bonchev–Trinajstić information content (AvgIpc) is 3.22. The van der Waals surface area contributed by atoms with Crippen molar-refractivity contribution in [2.45, 2.75) is 13.8 Å². The lowest BCUT2D eigenvalue weighted by Gasteiger charge is -2.26. The average molecular weight is 763 g/mol. The van der Waals surface area contributed by atoms with Gasteiger partial charge in [-0.25, -0.2) is 9.59 Å². The Bertz CT molecular complexity index is 2330. The summed E-state index contributed by atoms with van der Waals surface area (Å²) in [6, 6.07) is 53.8. The third kappa shape index (κ3) is 8.34. The number of halogens is 2. The standard InChI is InChI=1S/C48H37Cl2NO4/c1-3-54-47(52)45-31-44(37-27-38(49)29-39(50)28-37)46(48(53)55-4-2)30-43(45)36-19-25-42(26-20-36)51(40-21-15-34(16-22-40)32-11-7-5-8-12-32)41-23-17-35(18-24-41)33-13-9-6-10-14-33/h5-31H,3-4H2,1-2H3. The first-order chi connectivity index (χ1) is 26.8. The van der Waals surface area contributed by atoms with E-state index in [0.29, 0.717) is 37.9 Å². The zero-order valence-electron chi connectivity index (χ0n) is 30.3. The van der Waals surface area contributed by atoms with Crippen LogP contribution < -0.4 is 4.90 Å². The zero-order valence-corrected chi connectivity index (χ0v) is 31.9. The van der Waals surface area contributed by atoms with Crippen LogP contribution in [0.2, 0.25) is 10.0 Å². The van der Waals surface area contributed by atoms with Crippen molar-refractivity contribution in [1.29, 1.82) is 0 Å². The molecule has 55 heavy (non-hydrogen) atoms. The van der Waals surface area contributed by atoms with E-state index in [0.717, 1.165) is 39.3 Å². The largest absolute Gasteiger partial charge is 0.462 e. The summed E-state index contributed by atoms with van der Waals surface area (Å²) in [7, 11) is 0. The van der Waals surface area contributed by atoms with E-state index in [1.54, 1.807) is 44.2 Å². The topological polar surface area (TPSA) is 55.8 Å². The Labute approximate surface area is 331 Å². The molecule has 0 fully saturated rings. The second-order valence-electron chi connectivity index (χ2n) is 12.8. The fourth-order valence-corrected chi connectivity index (χ4v) is 7.17. The van der Waals surface area contributed by atoms with Crippen molar-refractivity contribution in [2.75, 3.05) is 18.1 Å². The molecule has 0 aromatic heterocycles. The molecule has 0 amide bonds. The summed E-state index contributed by atoms with van der Waals surface area (Å²) in [5, 5.41) is 0.784. The molecular weight excluding hydrogens is 725 g/mol. The van der Waals surface area contributed by atoms with Gasteiger partial charge in [-0.3, -0.25) is 0 Å². The third-order valence-corrected chi connectivity index (χ3v) is 9.66. The number of rotatable bonds is 11. The minimum absolute atomic E-state index is 0.173. The fourth-order valence-electron chi connectivity index (χ4n) is 6.65. The summed E-state index contributed by atoms with van der Waals surface area (Å²) in [5.74, 6) is -1.06. The number of hydrogen-bond donors (Lipinski definition) is 0. The number of anilines is 3. The molecule has 7 rings (SSSR count). The van der Waals surface area contributed by atoms with Gasteiger partial charge in [-0.05, 0) is 125 Å². The van der Waals surface area contributed by atoms with Crippen molar-refractivity contribution in [2.24, 2.45) is 0 Å². The van der Waals surface area contributed by atoms with Crippen LogP contribution in [0, 0.1) is 0 Å². The molecule has 0 N–H and O–H groups in total. The zero-order chi connectivity index (χ0) is 38.3.